The smallest absolute Gasteiger partial charge is 0.339 e. The summed E-state index contributed by atoms with van der Waals surface area (Å²) in [6, 6.07) is 6.39. The van der Waals surface area contributed by atoms with Crippen LogP contribution in [0.2, 0.25) is 36.3 Å². The van der Waals surface area contributed by atoms with Gasteiger partial charge in [-0.3, -0.25) is 0 Å². The summed E-state index contributed by atoms with van der Waals surface area (Å²) in [5, 5.41) is -0.574. The first kappa shape index (κ1) is 41.5. The van der Waals surface area contributed by atoms with Crippen molar-refractivity contribution in [3.8, 4) is 5.75 Å². The lowest BCUT2D eigenvalue weighted by molar-refractivity contribution is -0.433. The van der Waals surface area contributed by atoms with E-state index in [4.69, 9.17) is 41.5 Å². The summed E-state index contributed by atoms with van der Waals surface area (Å²) in [5.74, 6) is -7.07. The molecule has 11 nitrogen and oxygen atoms in total. The summed E-state index contributed by atoms with van der Waals surface area (Å²) >= 11 is 3.75. The normalized spacial score (nSPS) is 23.1. The number of methoxy groups -OCH3 is 6. The Kier molecular flexibility index (Phi) is 10.8. The largest absolute Gasteiger partial charge is 0.382 e. The lowest BCUT2D eigenvalue weighted by atomic mass is 9.61. The minimum Gasteiger partial charge on any atom is -0.382 e. The summed E-state index contributed by atoms with van der Waals surface area (Å²) in [6.45, 7) is 22.8. The highest BCUT2D eigenvalue weighted by molar-refractivity contribution is 9.10. The van der Waals surface area contributed by atoms with Gasteiger partial charge in [-0.15, -0.1) is 0 Å². The van der Waals surface area contributed by atoms with E-state index in [9.17, 15) is 8.42 Å². The molecule has 0 heterocycles. The first-order chi connectivity index (χ1) is 22.8. The molecule has 2 atom stereocenters. The Bertz CT molecular complexity index is 1720. The van der Waals surface area contributed by atoms with Crippen LogP contribution in [0, 0.1) is 6.92 Å². The minimum atomic E-state index is -4.43. The van der Waals surface area contributed by atoms with Gasteiger partial charge in [0, 0.05) is 59.3 Å². The third kappa shape index (κ3) is 5.48. The average Bonchev–Trinajstić information content (AvgIpc) is 3.00. The Morgan fingerprint density at radius 2 is 0.920 bits per heavy atom. The maximum atomic E-state index is 14.1. The molecule has 0 radical (unpaired) electrons. The molecule has 2 aromatic rings. The summed E-state index contributed by atoms with van der Waals surface area (Å²) < 4.78 is 86.8. The van der Waals surface area contributed by atoms with E-state index in [0.29, 0.717) is 16.7 Å². The van der Waals surface area contributed by atoms with Gasteiger partial charge in [0.1, 0.15) is 4.90 Å². The molecule has 50 heavy (non-hydrogen) atoms. The standard InChI is InChI=1S/C35H55BrO11SSi2/c1-22-18-20-23(21-19-22)48(37,38)45-29-27-25(32(39-8,40-9)35(27,44-13)47-50(16,17)31(5,6)7)24-26(28(29)36)33(41-10,42-11)34(24,43-12)46-49(14,15)30(2,3)4/h18-21H,1-17H3/t34-,35-/m1/s1. The van der Waals surface area contributed by atoms with E-state index >= 15 is 0 Å². The number of hydrogen-bond acceptors (Lipinski definition) is 11. The van der Waals surface area contributed by atoms with Crippen LogP contribution in [-0.4, -0.2) is 67.7 Å². The number of rotatable bonds is 13. The second kappa shape index (κ2) is 13.0. The zero-order chi connectivity index (χ0) is 38.3. The molecule has 0 saturated heterocycles. The van der Waals surface area contributed by atoms with Crippen LogP contribution in [0.5, 0.6) is 5.75 Å². The SMILES string of the molecule is COC1(OC)c2c(c(OS(=O)(=O)c3ccc(C)cc3)c(Br)c3c2[C@@](OC)(O[Si](C)(C)C(C)(C)C)C3(OC)OC)[C@@]1(OC)O[Si](C)(C)C(C)(C)C. The van der Waals surface area contributed by atoms with Gasteiger partial charge in [-0.25, -0.2) is 0 Å². The van der Waals surface area contributed by atoms with Crippen molar-refractivity contribution in [2.24, 2.45) is 0 Å². The Morgan fingerprint density at radius 1 is 0.580 bits per heavy atom. The second-order valence-electron chi connectivity index (χ2n) is 15.9. The Morgan fingerprint density at radius 3 is 1.28 bits per heavy atom. The summed E-state index contributed by atoms with van der Waals surface area (Å²) in [4.78, 5) is -0.0407. The minimum absolute atomic E-state index is 0.0407. The van der Waals surface area contributed by atoms with E-state index in [-0.39, 0.29) is 30.8 Å². The third-order valence-corrected chi connectivity index (χ3v) is 22.0. The molecule has 0 unspecified atom stereocenters. The average molecular weight is 820 g/mol. The van der Waals surface area contributed by atoms with E-state index in [2.05, 4.69) is 83.7 Å². The molecule has 2 aliphatic rings. The summed E-state index contributed by atoms with van der Waals surface area (Å²) in [7, 11) is -0.977. The van der Waals surface area contributed by atoms with Crippen molar-refractivity contribution < 1.29 is 49.9 Å². The molecule has 0 fully saturated rings. The Labute approximate surface area is 309 Å². The molecule has 282 valence electrons. The van der Waals surface area contributed by atoms with Gasteiger partial charge in [-0.2, -0.15) is 8.42 Å². The highest BCUT2D eigenvalue weighted by Crippen LogP contribution is 2.74. The number of fused-ring (bicyclic) bond motifs is 3. The molecular formula is C35H55BrO11SSi2. The van der Waals surface area contributed by atoms with Gasteiger partial charge in [0.15, 0.2) is 22.4 Å². The van der Waals surface area contributed by atoms with Gasteiger partial charge >= 0.3 is 10.1 Å². The highest BCUT2D eigenvalue weighted by atomic mass is 79.9. The van der Waals surface area contributed by atoms with Crippen LogP contribution >= 0.6 is 15.9 Å². The highest BCUT2D eigenvalue weighted by Gasteiger charge is 2.81. The molecular weight excluding hydrogens is 765 g/mol. The van der Waals surface area contributed by atoms with Crippen LogP contribution in [0.3, 0.4) is 0 Å². The van der Waals surface area contributed by atoms with Crippen molar-refractivity contribution in [3.63, 3.8) is 0 Å². The van der Waals surface area contributed by atoms with Crippen LogP contribution in [0.15, 0.2) is 33.6 Å². The maximum absolute atomic E-state index is 14.1. The van der Waals surface area contributed by atoms with E-state index in [1.807, 2.05) is 6.92 Å². The summed E-state index contributed by atoms with van der Waals surface area (Å²) in [6.07, 6.45) is 0. The zero-order valence-corrected chi connectivity index (χ0v) is 37.0. The number of hydrogen-bond donors (Lipinski definition) is 0. The van der Waals surface area contributed by atoms with Crippen molar-refractivity contribution in [1.29, 1.82) is 0 Å². The molecule has 0 bridgehead atoms. The summed E-state index contributed by atoms with van der Waals surface area (Å²) in [5.41, 5.74) is 2.35. The molecule has 15 heteroatoms. The fraction of sp³-hybridized carbons (Fsp3) is 0.657. The number of aryl methyl sites for hydroxylation is 1. The Balaban J connectivity index is 2.25. The molecule has 2 aromatic carbocycles. The van der Waals surface area contributed by atoms with Gasteiger partial charge in [-0.1, -0.05) is 59.2 Å². The number of benzene rings is 2. The van der Waals surface area contributed by atoms with E-state index in [0.717, 1.165) is 5.56 Å². The van der Waals surface area contributed by atoms with Crippen LogP contribution in [0.4, 0.5) is 0 Å². The molecule has 4 rings (SSSR count). The first-order valence-corrected chi connectivity index (χ1v) is 24.4. The fourth-order valence-electron chi connectivity index (χ4n) is 6.38. The van der Waals surface area contributed by atoms with Crippen molar-refractivity contribution in [1.82, 2.24) is 0 Å². The Hall–Kier alpha value is -1.22. The molecule has 0 spiro atoms. The van der Waals surface area contributed by atoms with Gasteiger partial charge in [0.25, 0.3) is 17.4 Å². The van der Waals surface area contributed by atoms with Crippen LogP contribution < -0.4 is 4.18 Å². The topological polar surface area (TPSA) is 117 Å². The zero-order valence-electron chi connectivity index (χ0n) is 32.6. The van der Waals surface area contributed by atoms with Crippen LogP contribution in [0.1, 0.15) is 69.4 Å². The number of halogens is 1. The maximum Gasteiger partial charge on any atom is 0.339 e. The van der Waals surface area contributed by atoms with Crippen molar-refractivity contribution in [2.45, 2.75) is 113 Å². The quantitative estimate of drug-likeness (QED) is 0.111. The van der Waals surface area contributed by atoms with Gasteiger partial charge in [-0.05, 0) is 71.3 Å². The first-order valence-electron chi connectivity index (χ1n) is 16.4. The predicted molar refractivity (Wildman–Crippen MR) is 198 cm³/mol. The lowest BCUT2D eigenvalue weighted by Crippen LogP contribution is -2.73. The molecule has 0 saturated carbocycles. The van der Waals surface area contributed by atoms with Crippen molar-refractivity contribution >= 4 is 42.7 Å². The van der Waals surface area contributed by atoms with Gasteiger partial charge < -0.3 is 41.5 Å². The van der Waals surface area contributed by atoms with Crippen LogP contribution in [0.25, 0.3) is 0 Å². The molecule has 2 aliphatic carbocycles. The van der Waals surface area contributed by atoms with Gasteiger partial charge in [0.2, 0.25) is 5.79 Å². The molecule has 0 N–H and O–H groups in total. The van der Waals surface area contributed by atoms with Gasteiger partial charge in [0.05, 0.1) is 10.0 Å². The lowest BCUT2D eigenvalue weighted by Gasteiger charge is -2.65. The van der Waals surface area contributed by atoms with Crippen molar-refractivity contribution in [3.05, 3.63) is 56.6 Å². The predicted octanol–water partition coefficient (Wildman–Crippen LogP) is 8.09. The second-order valence-corrected chi connectivity index (χ2v) is 27.7. The molecule has 0 aliphatic heterocycles. The van der Waals surface area contributed by atoms with Crippen molar-refractivity contribution in [2.75, 3.05) is 42.7 Å². The van der Waals surface area contributed by atoms with Crippen LogP contribution in [-0.2, 0) is 70.5 Å². The van der Waals surface area contributed by atoms with E-state index in [1.165, 1.54) is 54.8 Å². The monoisotopic (exact) mass is 818 g/mol. The fourth-order valence-corrected chi connectivity index (χ4v) is 10.9. The van der Waals surface area contributed by atoms with E-state index < -0.39 is 49.9 Å². The molecule has 0 amide bonds. The number of ether oxygens (including phenoxy) is 6. The van der Waals surface area contributed by atoms with E-state index in [1.54, 1.807) is 12.1 Å². The third-order valence-electron chi connectivity index (χ3n) is 11.2. The molecule has 0 aromatic heterocycles.